The second-order valence-electron chi connectivity index (χ2n) is 15.4. The number of primary amides is 2. The van der Waals surface area contributed by atoms with Crippen molar-refractivity contribution in [3.63, 3.8) is 0 Å². The number of alkyl halides is 6. The molecule has 2 amide bonds. The summed E-state index contributed by atoms with van der Waals surface area (Å²) >= 11 is 0. The number of nitrogens with zero attached hydrogens (tertiary/aromatic N) is 8. The van der Waals surface area contributed by atoms with E-state index in [-0.39, 0.29) is 54.1 Å². The van der Waals surface area contributed by atoms with E-state index in [9.17, 15) is 41.0 Å². The van der Waals surface area contributed by atoms with Crippen LogP contribution in [-0.4, -0.2) is 95.3 Å². The molecule has 2 aliphatic carbocycles. The maximum atomic E-state index is 12.8. The number of carbonyl (C=O) groups excluding carboxylic acids is 2. The van der Waals surface area contributed by atoms with E-state index in [1.54, 1.807) is 23.1 Å². The van der Waals surface area contributed by atoms with Crippen LogP contribution in [-0.2, 0) is 48.2 Å². The van der Waals surface area contributed by atoms with Crippen LogP contribution in [0, 0.1) is 0 Å². The molecule has 1 aliphatic heterocycles. The van der Waals surface area contributed by atoms with Crippen molar-refractivity contribution >= 4 is 35.1 Å². The Balaban J connectivity index is 0.000000187. The summed E-state index contributed by atoms with van der Waals surface area (Å²) in [5, 5.41) is 23.5. The zero-order valence-electron chi connectivity index (χ0n) is 35.7. The number of nitrogens with one attached hydrogen (secondary N) is 2. The van der Waals surface area contributed by atoms with E-state index in [4.69, 9.17) is 20.9 Å². The first-order chi connectivity index (χ1) is 32.5. The maximum absolute atomic E-state index is 12.8. The Morgan fingerprint density at radius 2 is 1.21 bits per heavy atom. The van der Waals surface area contributed by atoms with Gasteiger partial charge >= 0.3 is 12.7 Å². The standard InChI is InChI=1S/C24H25F3N6O4.C19H17F3N6O3/c25-24(26,27)37-17-6-2-1-5-16(17)30-23-29-13-14-8-9-15-20(22(28)34)32-33(21(15)19(14)31-23)10-12-36-18-7-3-4-11-35-18;20-19(21,22)31-13-4-2-1-3-12(13)25-18-24-9-10-5-6-11-15(17(23)30)27-28(7-8-29)16(11)14(10)26-18/h1-2,5-6,13,18H,3-4,7-12H2,(H2,28,34)(H,29,30,31);1-4,9,29H,5-8H2,(H2,23,30)(H,24,25,26). The van der Waals surface area contributed by atoms with Crippen LogP contribution in [0.5, 0.6) is 11.5 Å². The SMILES string of the molecule is NC(=O)c1nn(CCO)c2c1CCc1cnc(Nc3ccccc3OC(F)(F)F)nc1-2.NC(=O)c1nn(CCOC2CCCCO2)c2c1CCc1cnc(Nc3ccccc3OC(F)(F)F)nc1-2. The van der Waals surface area contributed by atoms with Crippen LogP contribution in [0.3, 0.4) is 0 Å². The van der Waals surface area contributed by atoms with Gasteiger partial charge in [-0.25, -0.2) is 19.9 Å². The summed E-state index contributed by atoms with van der Waals surface area (Å²) < 4.78 is 99.2. The van der Waals surface area contributed by atoms with Gasteiger partial charge in [-0.2, -0.15) is 10.2 Å². The molecule has 5 heterocycles. The zero-order valence-corrected chi connectivity index (χ0v) is 35.7. The molecule has 3 aliphatic rings. The minimum Gasteiger partial charge on any atom is -0.404 e. The molecule has 1 saturated heterocycles. The maximum Gasteiger partial charge on any atom is 0.573 e. The molecule has 1 atom stereocenters. The number of ether oxygens (including phenoxy) is 4. The molecule has 0 spiro atoms. The number of nitrogens with two attached hydrogens (primary N) is 2. The first-order valence-electron chi connectivity index (χ1n) is 21.1. The molecule has 2 aromatic carbocycles. The lowest BCUT2D eigenvalue weighted by molar-refractivity contribution is -0.275. The second-order valence-corrected chi connectivity index (χ2v) is 15.4. The lowest BCUT2D eigenvalue weighted by Crippen LogP contribution is -2.24. The minimum absolute atomic E-state index is 0.0255. The Bertz CT molecular complexity index is 2810. The monoisotopic (exact) mass is 952 g/mol. The second kappa shape index (κ2) is 19.8. The van der Waals surface area contributed by atoms with E-state index >= 15 is 0 Å². The third-order valence-electron chi connectivity index (χ3n) is 10.8. The van der Waals surface area contributed by atoms with Gasteiger partial charge in [-0.1, -0.05) is 24.3 Å². The lowest BCUT2D eigenvalue weighted by atomic mass is 9.93. The molecule has 25 heteroatoms. The molecule has 7 N–H and O–H groups in total. The number of hydrogen-bond donors (Lipinski definition) is 5. The number of fused-ring (bicyclic) bond motifs is 6. The fourth-order valence-corrected chi connectivity index (χ4v) is 7.97. The van der Waals surface area contributed by atoms with Crippen LogP contribution in [0.15, 0.2) is 60.9 Å². The number of para-hydroxylation sites is 4. The lowest BCUT2D eigenvalue weighted by Gasteiger charge is -2.23. The molecule has 0 bridgehead atoms. The topological polar surface area (TPSA) is 255 Å². The summed E-state index contributed by atoms with van der Waals surface area (Å²) in [7, 11) is 0. The van der Waals surface area contributed by atoms with Gasteiger partial charge in [0.25, 0.3) is 11.8 Å². The van der Waals surface area contributed by atoms with Gasteiger partial charge in [-0.05, 0) is 80.3 Å². The quantitative estimate of drug-likeness (QED) is 0.0798. The van der Waals surface area contributed by atoms with Gasteiger partial charge in [0.15, 0.2) is 29.2 Å². The molecule has 68 heavy (non-hydrogen) atoms. The highest BCUT2D eigenvalue weighted by molar-refractivity contribution is 5.95. The molecule has 0 saturated carbocycles. The number of aliphatic hydroxyl groups is 1. The molecule has 358 valence electrons. The Labute approximate surface area is 381 Å². The number of aryl methyl sites for hydroxylation is 2. The van der Waals surface area contributed by atoms with E-state index in [0.717, 1.165) is 30.4 Å². The number of halogens is 6. The van der Waals surface area contributed by atoms with Gasteiger partial charge in [0.1, 0.15) is 0 Å². The highest BCUT2D eigenvalue weighted by Gasteiger charge is 2.35. The Morgan fingerprint density at radius 3 is 1.65 bits per heavy atom. The number of benzene rings is 2. The van der Waals surface area contributed by atoms with Crippen molar-refractivity contribution in [1.29, 1.82) is 0 Å². The molecule has 19 nitrogen and oxygen atoms in total. The van der Waals surface area contributed by atoms with Crippen molar-refractivity contribution in [3.05, 3.63) is 94.6 Å². The van der Waals surface area contributed by atoms with Gasteiger partial charge in [0, 0.05) is 30.1 Å². The predicted octanol–water partition coefficient (Wildman–Crippen LogP) is 5.90. The highest BCUT2D eigenvalue weighted by Crippen LogP contribution is 2.38. The van der Waals surface area contributed by atoms with Crippen LogP contribution in [0.2, 0.25) is 0 Å². The smallest absolute Gasteiger partial charge is 0.404 e. The first-order valence-corrected chi connectivity index (χ1v) is 21.1. The van der Waals surface area contributed by atoms with E-state index < -0.39 is 36.0 Å². The number of rotatable bonds is 14. The summed E-state index contributed by atoms with van der Waals surface area (Å²) in [4.78, 5) is 41.4. The molecule has 6 aromatic rings. The third kappa shape index (κ3) is 10.9. The van der Waals surface area contributed by atoms with E-state index in [2.05, 4.69) is 50.2 Å². The van der Waals surface area contributed by atoms with Crippen LogP contribution >= 0.6 is 0 Å². The average molecular weight is 953 g/mol. The summed E-state index contributed by atoms with van der Waals surface area (Å²) in [6.07, 6.45) is -1.88. The van der Waals surface area contributed by atoms with Crippen LogP contribution in [0.1, 0.15) is 62.5 Å². The van der Waals surface area contributed by atoms with E-state index in [1.165, 1.54) is 47.1 Å². The summed E-state index contributed by atoms with van der Waals surface area (Å²) in [6.45, 7) is 1.17. The molecule has 1 unspecified atom stereocenters. The predicted molar refractivity (Wildman–Crippen MR) is 228 cm³/mol. The fourth-order valence-electron chi connectivity index (χ4n) is 7.97. The van der Waals surface area contributed by atoms with Gasteiger partial charge in [-0.15, -0.1) is 26.3 Å². The molecule has 0 radical (unpaired) electrons. The van der Waals surface area contributed by atoms with Crippen LogP contribution < -0.4 is 31.6 Å². The fraction of sp³-hybridized carbons (Fsp3) is 0.349. The Morgan fingerprint density at radius 1 is 0.721 bits per heavy atom. The molecular formula is C43H42F6N12O7. The zero-order chi connectivity index (χ0) is 48.2. The normalized spacial score (nSPS) is 15.1. The van der Waals surface area contributed by atoms with E-state index in [0.29, 0.717) is 79.3 Å². The minimum atomic E-state index is -4.86. The largest absolute Gasteiger partial charge is 0.573 e. The Kier molecular flexibility index (Phi) is 13.7. The van der Waals surface area contributed by atoms with Crippen molar-refractivity contribution in [3.8, 4) is 34.3 Å². The molecule has 4 aromatic heterocycles. The number of amides is 2. The number of carbonyl (C=O) groups is 2. The van der Waals surface area contributed by atoms with E-state index in [1.807, 2.05) is 0 Å². The van der Waals surface area contributed by atoms with Crippen LogP contribution in [0.4, 0.5) is 49.6 Å². The summed E-state index contributed by atoms with van der Waals surface area (Å²) in [5.74, 6) is -2.10. The number of anilines is 4. The van der Waals surface area contributed by atoms with Gasteiger partial charge in [-0.3, -0.25) is 19.0 Å². The summed E-state index contributed by atoms with van der Waals surface area (Å²) in [6, 6.07) is 11.1. The van der Waals surface area contributed by atoms with Gasteiger partial charge in [0.05, 0.1) is 60.5 Å². The van der Waals surface area contributed by atoms with Crippen molar-refractivity contribution in [2.24, 2.45) is 11.5 Å². The molecule has 1 fully saturated rings. The number of hydrogen-bond acceptors (Lipinski definition) is 15. The first kappa shape index (κ1) is 47.1. The average Bonchev–Trinajstić information content (AvgIpc) is 3.87. The van der Waals surface area contributed by atoms with Crippen LogP contribution in [0.25, 0.3) is 22.8 Å². The van der Waals surface area contributed by atoms with Gasteiger partial charge in [0.2, 0.25) is 11.9 Å². The third-order valence-corrected chi connectivity index (χ3v) is 10.8. The molecule has 9 rings (SSSR count). The van der Waals surface area contributed by atoms with Crippen molar-refractivity contribution in [1.82, 2.24) is 39.5 Å². The highest BCUT2D eigenvalue weighted by atomic mass is 19.4. The van der Waals surface area contributed by atoms with Gasteiger partial charge < -0.3 is 46.2 Å². The van der Waals surface area contributed by atoms with Crippen molar-refractivity contribution in [2.45, 2.75) is 77.1 Å². The number of aliphatic hydroxyl groups excluding tert-OH is 1. The number of aromatic nitrogens is 8. The molecular weight excluding hydrogens is 911 g/mol. The summed E-state index contributed by atoms with van der Waals surface area (Å²) in [5.41, 5.74) is 16.3. The van der Waals surface area contributed by atoms with Crippen molar-refractivity contribution in [2.75, 3.05) is 30.5 Å². The Hall–Kier alpha value is -7.38. The van der Waals surface area contributed by atoms with Crippen molar-refractivity contribution < 1.29 is 60.0 Å².